The fourth-order valence-electron chi connectivity index (χ4n) is 1.90. The number of nitrogens with one attached hydrogen (secondary N) is 2. The second-order valence-corrected chi connectivity index (χ2v) is 4.53. The smallest absolute Gasteiger partial charge is 0.299 e. The van der Waals surface area contributed by atoms with Crippen LogP contribution in [0.4, 0.5) is 11.6 Å². The van der Waals surface area contributed by atoms with E-state index in [1.54, 1.807) is 31.2 Å². The molecule has 0 spiro atoms. The van der Waals surface area contributed by atoms with Gasteiger partial charge in [-0.3, -0.25) is 15.0 Å². The van der Waals surface area contributed by atoms with Gasteiger partial charge in [-0.05, 0) is 19.1 Å². The summed E-state index contributed by atoms with van der Waals surface area (Å²) in [4.78, 5) is 26.5. The summed E-state index contributed by atoms with van der Waals surface area (Å²) in [5.41, 5.74) is 0.833. The Morgan fingerprint density at radius 3 is 2.65 bits per heavy atom. The van der Waals surface area contributed by atoms with E-state index < -0.39 is 17.4 Å². The normalized spacial score (nSPS) is 11.2. The molecule has 2 N–H and O–H groups in total. The molecule has 3 aromatic rings. The number of rotatable bonds is 4. The molecule has 0 saturated heterocycles. The van der Waals surface area contributed by atoms with E-state index in [0.717, 1.165) is 0 Å². The minimum absolute atomic E-state index is 0.0775. The van der Waals surface area contributed by atoms with Crippen LogP contribution < -0.4 is 10.7 Å². The van der Waals surface area contributed by atoms with Gasteiger partial charge in [-0.25, -0.2) is 4.68 Å². The zero-order valence-electron chi connectivity index (χ0n) is 11.8. The number of carboxylic acid groups (broad SMARTS) is 1. The van der Waals surface area contributed by atoms with Crippen LogP contribution in [0.1, 0.15) is 16.3 Å². The number of benzene rings is 1. The molecule has 116 valence electrons. The summed E-state index contributed by atoms with van der Waals surface area (Å²) < 4.78 is 1.33. The number of aromatic amines is 2. The maximum absolute atomic E-state index is 12.4. The first-order valence-electron chi connectivity index (χ1n) is 6.49. The number of hydrogen-bond acceptors (Lipinski definition) is 7. The molecular weight excluding hydrogens is 302 g/mol. The van der Waals surface area contributed by atoms with Gasteiger partial charge in [0.05, 0.1) is 11.4 Å². The zero-order chi connectivity index (χ0) is 16.4. The number of aromatic carboxylic acids is 1. The number of carboxylic acids is 1. The molecule has 1 aromatic carbocycles. The summed E-state index contributed by atoms with van der Waals surface area (Å²) in [5, 5.41) is 26.6. The van der Waals surface area contributed by atoms with Gasteiger partial charge in [-0.1, -0.05) is 18.2 Å². The highest BCUT2D eigenvalue weighted by Gasteiger charge is 2.12. The SMILES string of the molecule is Cc1[nH]n(-c2ccccc2)c(=O)c1N=Nc1n[nH]c(C(=O)[O-])n1. The molecule has 0 unspecified atom stereocenters. The van der Waals surface area contributed by atoms with E-state index in [0.29, 0.717) is 11.4 Å². The van der Waals surface area contributed by atoms with Gasteiger partial charge in [0.1, 0.15) is 5.97 Å². The van der Waals surface area contributed by atoms with E-state index >= 15 is 0 Å². The third kappa shape index (κ3) is 2.77. The van der Waals surface area contributed by atoms with Crippen molar-refractivity contribution in [3.05, 3.63) is 52.2 Å². The van der Waals surface area contributed by atoms with Crippen molar-refractivity contribution in [3.8, 4) is 5.69 Å². The first kappa shape index (κ1) is 14.4. The Hall–Kier alpha value is -3.56. The quantitative estimate of drug-likeness (QED) is 0.669. The minimum atomic E-state index is -1.51. The Bertz CT molecular complexity index is 936. The molecule has 2 heterocycles. The van der Waals surface area contributed by atoms with Gasteiger partial charge in [-0.15, -0.1) is 15.3 Å². The molecule has 0 amide bonds. The van der Waals surface area contributed by atoms with Gasteiger partial charge < -0.3 is 9.90 Å². The van der Waals surface area contributed by atoms with Crippen LogP contribution in [-0.2, 0) is 0 Å². The highest BCUT2D eigenvalue weighted by molar-refractivity contribution is 5.81. The summed E-state index contributed by atoms with van der Waals surface area (Å²) >= 11 is 0. The maximum atomic E-state index is 12.4. The van der Waals surface area contributed by atoms with Crippen molar-refractivity contribution in [2.24, 2.45) is 10.2 Å². The average Bonchev–Trinajstić information content (AvgIpc) is 3.12. The van der Waals surface area contributed by atoms with Crippen molar-refractivity contribution in [2.75, 3.05) is 0 Å². The molecule has 10 heteroatoms. The summed E-state index contributed by atoms with van der Waals surface area (Å²) in [5.74, 6) is -2.19. The highest BCUT2D eigenvalue weighted by Crippen LogP contribution is 2.16. The first-order chi connectivity index (χ1) is 11.1. The molecule has 0 fully saturated rings. The fraction of sp³-hybridized carbons (Fsp3) is 0.0769. The monoisotopic (exact) mass is 312 g/mol. The third-order valence-electron chi connectivity index (χ3n) is 2.96. The zero-order valence-corrected chi connectivity index (χ0v) is 11.8. The summed E-state index contributed by atoms with van der Waals surface area (Å²) in [6.07, 6.45) is 0. The third-order valence-corrected chi connectivity index (χ3v) is 2.96. The van der Waals surface area contributed by atoms with Crippen molar-refractivity contribution in [3.63, 3.8) is 0 Å². The van der Waals surface area contributed by atoms with Crippen molar-refractivity contribution in [1.29, 1.82) is 0 Å². The van der Waals surface area contributed by atoms with Gasteiger partial charge in [0.2, 0.25) is 0 Å². The molecule has 0 aliphatic carbocycles. The summed E-state index contributed by atoms with van der Waals surface area (Å²) in [6.45, 7) is 1.67. The summed E-state index contributed by atoms with van der Waals surface area (Å²) in [6, 6.07) is 8.96. The molecule has 2 aromatic heterocycles. The van der Waals surface area contributed by atoms with Gasteiger partial charge in [-0.2, -0.15) is 4.98 Å². The Balaban J connectivity index is 1.94. The molecule has 0 aliphatic rings. The lowest BCUT2D eigenvalue weighted by atomic mass is 10.3. The fourth-order valence-corrected chi connectivity index (χ4v) is 1.90. The second kappa shape index (κ2) is 5.67. The van der Waals surface area contributed by atoms with Crippen molar-refractivity contribution >= 4 is 17.6 Å². The van der Waals surface area contributed by atoms with Crippen LogP contribution in [0.3, 0.4) is 0 Å². The lowest BCUT2D eigenvalue weighted by molar-refractivity contribution is -0.256. The van der Waals surface area contributed by atoms with Crippen LogP contribution in [0, 0.1) is 6.92 Å². The Morgan fingerprint density at radius 1 is 1.26 bits per heavy atom. The van der Waals surface area contributed by atoms with Gasteiger partial charge in [0, 0.05) is 0 Å². The topological polar surface area (TPSA) is 144 Å². The van der Waals surface area contributed by atoms with E-state index in [1.807, 2.05) is 6.07 Å². The number of aromatic nitrogens is 5. The van der Waals surface area contributed by atoms with Crippen LogP contribution >= 0.6 is 0 Å². The van der Waals surface area contributed by atoms with Crippen LogP contribution in [-0.4, -0.2) is 30.9 Å². The van der Waals surface area contributed by atoms with Crippen molar-refractivity contribution in [2.45, 2.75) is 6.92 Å². The van der Waals surface area contributed by atoms with Gasteiger partial charge in [0.25, 0.3) is 11.5 Å². The van der Waals surface area contributed by atoms with Crippen molar-refractivity contribution < 1.29 is 9.90 Å². The molecule has 0 radical (unpaired) electrons. The standard InChI is InChI=1S/C13H11N7O3/c1-7-9(15-17-13-14-10(12(22)23)16-18-13)11(21)20(19-7)8-5-3-2-4-6-8/h2-6,19H,1H3,(H,22,23)(H,14,16,18)/p-1. The molecule has 0 atom stereocenters. The van der Waals surface area contributed by atoms with E-state index in [9.17, 15) is 14.7 Å². The Morgan fingerprint density at radius 2 is 2.00 bits per heavy atom. The van der Waals surface area contributed by atoms with Crippen LogP contribution in [0.25, 0.3) is 5.69 Å². The maximum Gasteiger partial charge on any atom is 0.299 e. The van der Waals surface area contributed by atoms with Crippen LogP contribution in [0.2, 0.25) is 0 Å². The molecular formula is C13H10N7O3-. The van der Waals surface area contributed by atoms with E-state index in [-0.39, 0.29) is 11.6 Å². The molecule has 3 rings (SSSR count). The summed E-state index contributed by atoms with van der Waals surface area (Å²) in [7, 11) is 0. The number of H-pyrrole nitrogens is 2. The molecule has 23 heavy (non-hydrogen) atoms. The predicted octanol–water partition coefficient (Wildman–Crippen LogP) is 0.371. The van der Waals surface area contributed by atoms with Crippen LogP contribution in [0.5, 0.6) is 0 Å². The lowest BCUT2D eigenvalue weighted by Gasteiger charge is -1.99. The predicted molar refractivity (Wildman–Crippen MR) is 76.0 cm³/mol. The van der Waals surface area contributed by atoms with Gasteiger partial charge in [0.15, 0.2) is 11.5 Å². The number of hydrogen-bond donors (Lipinski definition) is 2. The number of carbonyl (C=O) groups excluding carboxylic acids is 1. The largest absolute Gasteiger partial charge is 0.542 e. The molecule has 10 nitrogen and oxygen atoms in total. The van der Waals surface area contributed by atoms with Crippen molar-refractivity contribution in [1.82, 2.24) is 25.0 Å². The van der Waals surface area contributed by atoms with E-state index in [4.69, 9.17) is 0 Å². The van der Waals surface area contributed by atoms with Crippen LogP contribution in [0.15, 0.2) is 45.4 Å². The number of azo groups is 1. The first-order valence-corrected chi connectivity index (χ1v) is 6.49. The lowest BCUT2D eigenvalue weighted by Crippen LogP contribution is -2.23. The Kier molecular flexibility index (Phi) is 3.55. The molecule has 0 bridgehead atoms. The number of carbonyl (C=O) groups is 1. The highest BCUT2D eigenvalue weighted by atomic mass is 16.4. The Labute approximate surface area is 128 Å². The van der Waals surface area contributed by atoms with E-state index in [2.05, 4.69) is 30.5 Å². The second-order valence-electron chi connectivity index (χ2n) is 4.53. The minimum Gasteiger partial charge on any atom is -0.542 e. The van der Waals surface area contributed by atoms with Gasteiger partial charge >= 0.3 is 0 Å². The molecule has 0 aliphatic heterocycles. The molecule has 0 saturated carbocycles. The van der Waals surface area contributed by atoms with E-state index in [1.165, 1.54) is 4.68 Å². The number of aryl methyl sites for hydroxylation is 1. The average molecular weight is 312 g/mol. The number of para-hydroxylation sites is 1. The number of nitrogens with zero attached hydrogens (tertiary/aromatic N) is 5.